The second kappa shape index (κ2) is 8.60. The molecule has 0 bridgehead atoms. The molecule has 0 spiro atoms. The van der Waals surface area contributed by atoms with Crippen molar-refractivity contribution in [1.29, 1.82) is 0 Å². The van der Waals surface area contributed by atoms with Crippen LogP contribution in [0.15, 0.2) is 78.0 Å². The van der Waals surface area contributed by atoms with Crippen molar-refractivity contribution < 1.29 is 13.2 Å². The predicted molar refractivity (Wildman–Crippen MR) is 120 cm³/mol. The Balaban J connectivity index is 1.47. The fourth-order valence-corrected chi connectivity index (χ4v) is 4.06. The highest BCUT2D eigenvalue weighted by molar-refractivity contribution is 7.92. The Kier molecular flexibility index (Phi) is 5.69. The van der Waals surface area contributed by atoms with Crippen LogP contribution in [0.1, 0.15) is 21.5 Å². The predicted octanol–water partition coefficient (Wildman–Crippen LogP) is 3.33. The largest absolute Gasteiger partial charge is 0.322 e. The molecule has 0 fully saturated rings. The van der Waals surface area contributed by atoms with Crippen LogP contribution >= 0.6 is 0 Å². The molecule has 4 rings (SSSR count). The van der Waals surface area contributed by atoms with Crippen molar-refractivity contribution in [1.82, 2.24) is 20.2 Å². The van der Waals surface area contributed by atoms with Crippen LogP contribution in [0.5, 0.6) is 0 Å². The third-order valence-corrected chi connectivity index (χ3v) is 6.30. The molecule has 32 heavy (non-hydrogen) atoms. The number of carbonyl (C=O) groups is 1. The average molecular weight is 449 g/mol. The monoisotopic (exact) mass is 448 g/mol. The van der Waals surface area contributed by atoms with Crippen LogP contribution in [0.3, 0.4) is 0 Å². The first kappa shape index (κ1) is 21.2. The van der Waals surface area contributed by atoms with Gasteiger partial charge in [-0.2, -0.15) is 0 Å². The molecule has 1 amide bonds. The molecule has 3 aromatic carbocycles. The minimum atomic E-state index is -3.76. The zero-order chi connectivity index (χ0) is 22.7. The summed E-state index contributed by atoms with van der Waals surface area (Å²) in [5, 5.41) is 13.7. The van der Waals surface area contributed by atoms with Crippen LogP contribution in [0.2, 0.25) is 0 Å². The number of hydrogen-bond acceptors (Lipinski definition) is 6. The first-order valence-electron chi connectivity index (χ1n) is 9.67. The number of nitrogens with one attached hydrogen (secondary N) is 2. The van der Waals surface area contributed by atoms with E-state index in [4.69, 9.17) is 0 Å². The van der Waals surface area contributed by atoms with Crippen LogP contribution in [0.25, 0.3) is 5.69 Å². The highest BCUT2D eigenvalue weighted by atomic mass is 32.2. The standard InChI is InChI=1S/C22H20N6O3S/c1-15-6-7-19(12-16(15)2)25-32(30,31)21-10-8-18(9-11-21)24-22(29)17-4-3-5-20(13-17)28-14-23-26-27-28/h3-14,25H,1-2H3,(H,24,29). The molecule has 10 heteroatoms. The first-order valence-corrected chi connectivity index (χ1v) is 11.1. The van der Waals surface area contributed by atoms with Gasteiger partial charge in [-0.15, -0.1) is 5.10 Å². The molecule has 0 aliphatic rings. The number of sulfonamides is 1. The number of amides is 1. The summed E-state index contributed by atoms with van der Waals surface area (Å²) < 4.78 is 29.4. The van der Waals surface area contributed by atoms with Crippen LogP contribution in [-0.4, -0.2) is 34.5 Å². The van der Waals surface area contributed by atoms with E-state index < -0.39 is 10.0 Å². The summed E-state index contributed by atoms with van der Waals surface area (Å²) in [5.74, 6) is -0.344. The molecule has 0 unspecified atom stereocenters. The quantitative estimate of drug-likeness (QED) is 0.467. The lowest BCUT2D eigenvalue weighted by Gasteiger charge is -2.11. The van der Waals surface area contributed by atoms with Gasteiger partial charge in [0.15, 0.2) is 0 Å². The van der Waals surface area contributed by atoms with Gasteiger partial charge in [0.2, 0.25) is 0 Å². The molecule has 0 saturated carbocycles. The summed E-state index contributed by atoms with van der Waals surface area (Å²) >= 11 is 0. The molecule has 4 aromatic rings. The van der Waals surface area contributed by atoms with Crippen molar-refractivity contribution in [2.75, 3.05) is 10.0 Å². The number of aryl methyl sites for hydroxylation is 2. The average Bonchev–Trinajstić information content (AvgIpc) is 3.32. The van der Waals surface area contributed by atoms with Gasteiger partial charge in [-0.05, 0) is 90.0 Å². The van der Waals surface area contributed by atoms with E-state index in [-0.39, 0.29) is 10.8 Å². The second-order valence-electron chi connectivity index (χ2n) is 7.19. The summed E-state index contributed by atoms with van der Waals surface area (Å²) in [6.07, 6.45) is 1.43. The van der Waals surface area contributed by atoms with Gasteiger partial charge >= 0.3 is 0 Å². The molecule has 0 radical (unpaired) electrons. The SMILES string of the molecule is Cc1ccc(NS(=O)(=O)c2ccc(NC(=O)c3cccc(-n4cnnn4)c3)cc2)cc1C. The maximum absolute atomic E-state index is 12.7. The van der Waals surface area contributed by atoms with Crippen molar-refractivity contribution in [3.05, 3.63) is 89.7 Å². The van der Waals surface area contributed by atoms with E-state index in [1.54, 1.807) is 36.4 Å². The molecule has 0 aliphatic carbocycles. The summed E-state index contributed by atoms with van der Waals surface area (Å²) in [7, 11) is -3.76. The van der Waals surface area contributed by atoms with E-state index in [0.29, 0.717) is 22.6 Å². The van der Waals surface area contributed by atoms with Gasteiger partial charge in [0.25, 0.3) is 15.9 Å². The van der Waals surface area contributed by atoms with E-state index in [1.807, 2.05) is 19.9 Å². The Morgan fingerprint density at radius 1 is 0.906 bits per heavy atom. The van der Waals surface area contributed by atoms with Crippen LogP contribution in [-0.2, 0) is 10.0 Å². The first-order chi connectivity index (χ1) is 15.3. The molecule has 9 nitrogen and oxygen atoms in total. The Bertz CT molecular complexity index is 1370. The number of rotatable bonds is 6. The van der Waals surface area contributed by atoms with Crippen molar-refractivity contribution in [3.63, 3.8) is 0 Å². The third kappa shape index (κ3) is 4.65. The van der Waals surface area contributed by atoms with Gasteiger partial charge in [-0.3, -0.25) is 9.52 Å². The lowest BCUT2D eigenvalue weighted by atomic mass is 10.1. The lowest BCUT2D eigenvalue weighted by molar-refractivity contribution is 0.102. The Hall–Kier alpha value is -4.05. The maximum Gasteiger partial charge on any atom is 0.261 e. The molecule has 1 heterocycles. The number of nitrogens with zero attached hydrogens (tertiary/aromatic N) is 4. The second-order valence-corrected chi connectivity index (χ2v) is 8.87. The van der Waals surface area contributed by atoms with Crippen molar-refractivity contribution in [2.45, 2.75) is 18.7 Å². The van der Waals surface area contributed by atoms with E-state index in [2.05, 4.69) is 25.6 Å². The minimum Gasteiger partial charge on any atom is -0.322 e. The topological polar surface area (TPSA) is 119 Å². The number of tetrazole rings is 1. The van der Waals surface area contributed by atoms with E-state index in [0.717, 1.165) is 11.1 Å². The minimum absolute atomic E-state index is 0.0920. The smallest absolute Gasteiger partial charge is 0.261 e. The van der Waals surface area contributed by atoms with E-state index in [9.17, 15) is 13.2 Å². The third-order valence-electron chi connectivity index (χ3n) is 4.90. The Morgan fingerprint density at radius 2 is 1.66 bits per heavy atom. The molecule has 0 saturated heterocycles. The van der Waals surface area contributed by atoms with Gasteiger partial charge in [-0.1, -0.05) is 12.1 Å². The van der Waals surface area contributed by atoms with Crippen molar-refractivity contribution in [2.24, 2.45) is 0 Å². The van der Waals surface area contributed by atoms with Gasteiger partial charge in [0.05, 0.1) is 10.6 Å². The maximum atomic E-state index is 12.7. The van der Waals surface area contributed by atoms with Gasteiger partial charge in [-0.25, -0.2) is 13.1 Å². The molecule has 162 valence electrons. The molecule has 1 aromatic heterocycles. The number of carbonyl (C=O) groups excluding carboxylic acids is 1. The molecular weight excluding hydrogens is 428 g/mol. The van der Waals surface area contributed by atoms with Crippen LogP contribution in [0, 0.1) is 13.8 Å². The number of anilines is 2. The summed E-state index contributed by atoms with van der Waals surface area (Å²) in [4.78, 5) is 12.7. The van der Waals surface area contributed by atoms with Crippen LogP contribution in [0.4, 0.5) is 11.4 Å². The van der Waals surface area contributed by atoms with E-state index >= 15 is 0 Å². The highest BCUT2D eigenvalue weighted by Gasteiger charge is 2.15. The molecule has 0 aliphatic heterocycles. The van der Waals surface area contributed by atoms with Gasteiger partial charge < -0.3 is 5.32 Å². The zero-order valence-electron chi connectivity index (χ0n) is 17.4. The number of hydrogen-bond donors (Lipinski definition) is 2. The Morgan fingerprint density at radius 3 is 2.34 bits per heavy atom. The van der Waals surface area contributed by atoms with Crippen molar-refractivity contribution >= 4 is 27.3 Å². The number of benzene rings is 3. The normalized spacial score (nSPS) is 11.2. The molecule has 2 N–H and O–H groups in total. The summed E-state index contributed by atoms with van der Waals surface area (Å²) in [6.45, 7) is 3.88. The van der Waals surface area contributed by atoms with Crippen molar-refractivity contribution in [3.8, 4) is 5.69 Å². The lowest BCUT2D eigenvalue weighted by Crippen LogP contribution is -2.14. The Labute approximate surface area is 185 Å². The van der Waals surface area contributed by atoms with Gasteiger partial charge in [0, 0.05) is 16.9 Å². The summed E-state index contributed by atoms with van der Waals surface area (Å²) in [6, 6.07) is 18.1. The molecular formula is C22H20N6O3S. The fraction of sp³-hybridized carbons (Fsp3) is 0.0909. The van der Waals surface area contributed by atoms with Gasteiger partial charge in [0.1, 0.15) is 6.33 Å². The zero-order valence-corrected chi connectivity index (χ0v) is 18.2. The van der Waals surface area contributed by atoms with E-state index in [1.165, 1.54) is 35.3 Å². The highest BCUT2D eigenvalue weighted by Crippen LogP contribution is 2.21. The molecule has 0 atom stereocenters. The number of aromatic nitrogens is 4. The fourth-order valence-electron chi connectivity index (χ4n) is 3.01. The van der Waals surface area contributed by atoms with Crippen LogP contribution < -0.4 is 10.0 Å². The summed E-state index contributed by atoms with van der Waals surface area (Å²) in [5.41, 5.74) is 4.08.